The van der Waals surface area contributed by atoms with Gasteiger partial charge in [0.2, 0.25) is 20.0 Å². The van der Waals surface area contributed by atoms with Crippen molar-refractivity contribution in [1.29, 1.82) is 10.5 Å². The van der Waals surface area contributed by atoms with Crippen molar-refractivity contribution in [2.24, 2.45) is 10.8 Å². The van der Waals surface area contributed by atoms with E-state index in [9.17, 15) is 43.2 Å². The van der Waals surface area contributed by atoms with Crippen LogP contribution in [-0.4, -0.2) is 87.4 Å². The van der Waals surface area contributed by atoms with Gasteiger partial charge < -0.3 is 10.2 Å². The molecule has 6 aromatic rings. The van der Waals surface area contributed by atoms with Crippen LogP contribution in [0.2, 0.25) is 5.15 Å². The summed E-state index contributed by atoms with van der Waals surface area (Å²) >= 11 is 7.74. The van der Waals surface area contributed by atoms with Gasteiger partial charge in [0.25, 0.3) is 0 Å². The van der Waals surface area contributed by atoms with Crippen LogP contribution in [0, 0.1) is 33.5 Å². The minimum atomic E-state index is -4.28. The van der Waals surface area contributed by atoms with Crippen LogP contribution in [-0.2, 0) is 45.7 Å². The fourth-order valence-corrected chi connectivity index (χ4v) is 15.3. The number of benzene rings is 2. The molecule has 4 unspecified atom stereocenters. The van der Waals surface area contributed by atoms with Crippen LogP contribution in [0.3, 0.4) is 0 Å². The van der Waals surface area contributed by atoms with Gasteiger partial charge in [-0.2, -0.15) is 36.9 Å². The van der Waals surface area contributed by atoms with Crippen molar-refractivity contribution in [2.75, 3.05) is 31.1 Å². The van der Waals surface area contributed by atoms with Crippen molar-refractivity contribution in [2.45, 2.75) is 111 Å². The Bertz CT molecular complexity index is 3260. The Kier molecular flexibility index (Phi) is 16.4. The van der Waals surface area contributed by atoms with Crippen molar-refractivity contribution in [3.8, 4) is 12.1 Å². The summed E-state index contributed by atoms with van der Waals surface area (Å²) < 4.78 is 132. The molecule has 3 N–H and O–H groups in total. The zero-order valence-electron chi connectivity index (χ0n) is 38.9. The van der Waals surface area contributed by atoms with E-state index in [-0.39, 0.29) is 60.5 Å². The number of halogens is 7. The number of aromatic nitrogens is 4. The molecule has 2 saturated heterocycles. The fraction of sp³-hybridized carbons (Fsp3) is 0.458. The number of hydrogen-bond donors (Lipinski definition) is 3. The summed E-state index contributed by atoms with van der Waals surface area (Å²) in [5.41, 5.74) is 1.58. The average Bonchev–Trinajstić information content (AvgIpc) is 4.20. The fourth-order valence-electron chi connectivity index (χ4n) is 10.3. The lowest BCUT2D eigenvalue weighted by Gasteiger charge is -2.25. The Hall–Kier alpha value is -5.05. The molecule has 2 saturated carbocycles. The van der Waals surface area contributed by atoms with Crippen molar-refractivity contribution < 1.29 is 43.2 Å². The van der Waals surface area contributed by atoms with E-state index in [1.807, 2.05) is 12.1 Å². The summed E-state index contributed by atoms with van der Waals surface area (Å²) in [5.74, 6) is 0.639. The molecule has 4 fully saturated rings. The van der Waals surface area contributed by atoms with Crippen LogP contribution in [0.5, 0.6) is 0 Å². The molecule has 2 aromatic carbocycles. The smallest absolute Gasteiger partial charge is 0.355 e. The van der Waals surface area contributed by atoms with Gasteiger partial charge in [0.1, 0.15) is 33.3 Å². The minimum absolute atomic E-state index is 0.0181. The van der Waals surface area contributed by atoms with Gasteiger partial charge in [-0.05, 0) is 116 Å². The molecule has 0 amide bonds. The molecule has 4 atom stereocenters. The number of thiophene rings is 2. The van der Waals surface area contributed by atoms with Crippen molar-refractivity contribution in [1.82, 2.24) is 34.7 Å². The average molecular weight is 1110 g/mol. The Morgan fingerprint density at radius 2 is 1.23 bits per heavy atom. The molecular formula is C48H49ClF6N10O4S4. The maximum absolute atomic E-state index is 13.0. The highest BCUT2D eigenvalue weighted by molar-refractivity contribution is 7.89. The molecule has 2 aliphatic carbocycles. The molecule has 4 aromatic heterocycles. The second kappa shape index (κ2) is 22.0. The Labute approximate surface area is 431 Å². The number of hydrogen-bond acceptors (Lipinski definition) is 14. The second-order valence-corrected chi connectivity index (χ2v) is 25.0. The number of nitrogens with zero attached hydrogens (tertiary/aromatic N) is 7. The first-order valence-corrected chi connectivity index (χ1v) is 28.2. The highest BCUT2D eigenvalue weighted by atomic mass is 35.5. The third kappa shape index (κ3) is 13.8. The standard InChI is InChI=1S/C24H24F3N5O2S2.C16H21N3O2S.C8H4ClF3N2S/c25-24(26,27)13-18-11-20-21(29-15-30-22(20)35-18)32-9-7-23(14-32)6-4-17(12-23)31-36(33,34)19-3-1-2-16(10-19)5-8-28;17-8-5-13-2-1-3-15(10-13)22(20,21)19-14-4-6-16(11-14)7-9-18-12-16;9-6-5-1-4(2-8(10,11)12)15-7(5)14-3-13-6/h1-3,10-11,15,17,31H,4-7,9,12-14H2;1-3,10,14,18-19H,4-7,9,11-12H2;1,3H,2H2. The summed E-state index contributed by atoms with van der Waals surface area (Å²) in [7, 11) is -7.23. The topological polar surface area (TPSA) is 207 Å². The van der Waals surface area contributed by atoms with E-state index < -0.39 is 45.2 Å². The lowest BCUT2D eigenvalue weighted by atomic mass is 9.85. The van der Waals surface area contributed by atoms with Crippen molar-refractivity contribution >= 4 is 80.6 Å². The van der Waals surface area contributed by atoms with E-state index in [2.05, 4.69) is 39.6 Å². The van der Waals surface area contributed by atoms with Crippen molar-refractivity contribution in [3.63, 3.8) is 0 Å². The van der Waals surface area contributed by atoms with Gasteiger partial charge in [0.15, 0.2) is 0 Å². The lowest BCUT2D eigenvalue weighted by Crippen LogP contribution is -2.34. The number of fused-ring (bicyclic) bond motifs is 2. The van der Waals surface area contributed by atoms with E-state index in [1.54, 1.807) is 42.5 Å². The lowest BCUT2D eigenvalue weighted by molar-refractivity contribution is -0.127. The van der Waals surface area contributed by atoms with Crippen LogP contribution in [0.4, 0.5) is 32.2 Å². The predicted octanol–water partition coefficient (Wildman–Crippen LogP) is 9.60. The highest BCUT2D eigenvalue weighted by Gasteiger charge is 2.46. The quantitative estimate of drug-likeness (QED) is 0.0819. The van der Waals surface area contributed by atoms with Gasteiger partial charge >= 0.3 is 12.4 Å². The summed E-state index contributed by atoms with van der Waals surface area (Å²) in [6.45, 7) is 3.41. The first-order valence-electron chi connectivity index (χ1n) is 23.2. The monoisotopic (exact) mass is 1110 g/mol. The van der Waals surface area contributed by atoms with E-state index >= 15 is 0 Å². The maximum atomic E-state index is 13.0. The summed E-state index contributed by atoms with van der Waals surface area (Å²) in [4.78, 5) is 20.0. The molecule has 4 aliphatic rings. The molecule has 2 aliphatic heterocycles. The van der Waals surface area contributed by atoms with E-state index in [0.717, 1.165) is 79.9 Å². The summed E-state index contributed by atoms with van der Waals surface area (Å²) in [6.07, 6.45) is -0.307. The van der Waals surface area contributed by atoms with Gasteiger partial charge in [-0.15, -0.1) is 22.7 Å². The van der Waals surface area contributed by atoms with Crippen LogP contribution in [0.15, 0.2) is 83.1 Å². The summed E-state index contributed by atoms with van der Waals surface area (Å²) in [6, 6.07) is 19.9. The van der Waals surface area contributed by atoms with E-state index in [0.29, 0.717) is 57.7 Å². The minimum Gasteiger partial charge on any atom is -0.355 e. The first-order chi connectivity index (χ1) is 34.5. The van der Waals surface area contributed by atoms with Gasteiger partial charge in [0, 0.05) is 46.9 Å². The largest absolute Gasteiger partial charge is 0.393 e. The van der Waals surface area contributed by atoms with Crippen LogP contribution >= 0.6 is 34.3 Å². The number of nitriles is 2. The Morgan fingerprint density at radius 3 is 1.75 bits per heavy atom. The second-order valence-electron chi connectivity index (χ2n) is 19.0. The number of nitrogens with one attached hydrogen (secondary N) is 3. The van der Waals surface area contributed by atoms with Crippen LogP contribution in [0.25, 0.3) is 20.4 Å². The van der Waals surface area contributed by atoms with E-state index in [4.69, 9.17) is 22.1 Å². The number of anilines is 1. The molecule has 2 spiro atoms. The highest BCUT2D eigenvalue weighted by Crippen LogP contribution is 2.48. The predicted molar refractivity (Wildman–Crippen MR) is 266 cm³/mol. The third-order valence-electron chi connectivity index (χ3n) is 13.5. The third-order valence-corrected chi connectivity index (χ3v) is 19.0. The molecule has 73 heavy (non-hydrogen) atoms. The molecular weight excluding hydrogens is 1060 g/mol. The number of sulfonamides is 2. The molecule has 25 heteroatoms. The van der Waals surface area contributed by atoms with Gasteiger partial charge in [-0.25, -0.2) is 46.2 Å². The Morgan fingerprint density at radius 1 is 0.712 bits per heavy atom. The van der Waals surface area contributed by atoms with Gasteiger partial charge in [-0.3, -0.25) is 0 Å². The first kappa shape index (κ1) is 54.2. The number of alkyl halides is 6. The Balaban J connectivity index is 0.000000162. The normalized spacial score (nSPS) is 22.1. The molecule has 0 bridgehead atoms. The SMILES string of the molecule is FC(F)(F)Cc1cc2c(Cl)ncnc2s1.N#CCc1cccc(S(=O)(=O)NC2CCC3(CCN(c4ncnc5sc(CC(F)(F)F)cc45)C3)C2)c1.N#CCc1cccc(S(=O)(=O)NC2CCC3(CCNC3)C2)c1. The van der Waals surface area contributed by atoms with Gasteiger partial charge in [-0.1, -0.05) is 35.9 Å². The van der Waals surface area contributed by atoms with Crippen LogP contribution < -0.4 is 19.7 Å². The molecule has 10 rings (SSSR count). The molecule has 6 heterocycles. The molecule has 14 nitrogen and oxygen atoms in total. The van der Waals surface area contributed by atoms with Crippen LogP contribution in [0.1, 0.15) is 72.2 Å². The zero-order chi connectivity index (χ0) is 52.2. The molecule has 0 radical (unpaired) electrons. The maximum Gasteiger partial charge on any atom is 0.393 e. The molecule has 388 valence electrons. The zero-order valence-corrected chi connectivity index (χ0v) is 43.0. The summed E-state index contributed by atoms with van der Waals surface area (Å²) in [5, 5.41) is 22.3. The number of rotatable bonds is 11. The van der Waals surface area contributed by atoms with Crippen molar-refractivity contribution in [3.05, 3.63) is 99.4 Å². The van der Waals surface area contributed by atoms with E-state index in [1.165, 1.54) is 30.9 Å². The van der Waals surface area contributed by atoms with Gasteiger partial charge in [0.05, 0.1) is 53.0 Å².